The monoisotopic (exact) mass is 409 g/mol. The van der Waals surface area contributed by atoms with Crippen LogP contribution in [0.5, 0.6) is 11.5 Å². The number of nitrogens with zero attached hydrogens (tertiary/aromatic N) is 1. The summed E-state index contributed by atoms with van der Waals surface area (Å²) in [4.78, 5) is 29.3. The van der Waals surface area contributed by atoms with Crippen molar-refractivity contribution < 1.29 is 28.6 Å². The summed E-state index contributed by atoms with van der Waals surface area (Å²) >= 11 is 0. The van der Waals surface area contributed by atoms with Crippen LogP contribution in [0.4, 0.5) is 0 Å². The number of benzene rings is 2. The molecule has 0 spiro atoms. The van der Waals surface area contributed by atoms with Gasteiger partial charge in [-0.3, -0.25) is 4.79 Å². The van der Waals surface area contributed by atoms with Gasteiger partial charge in [0.2, 0.25) is 13.4 Å². The van der Waals surface area contributed by atoms with Gasteiger partial charge in [-0.05, 0) is 68.0 Å². The predicted octanol–water partition coefficient (Wildman–Crippen LogP) is 3.46. The zero-order valence-corrected chi connectivity index (χ0v) is 16.8. The lowest BCUT2D eigenvalue weighted by molar-refractivity contribution is -0.147. The molecule has 0 saturated carbocycles. The van der Waals surface area contributed by atoms with Gasteiger partial charge in [-0.2, -0.15) is 0 Å². The van der Waals surface area contributed by atoms with Crippen LogP contribution in [0.1, 0.15) is 46.8 Å². The summed E-state index contributed by atoms with van der Waals surface area (Å²) in [7, 11) is 0. The van der Waals surface area contributed by atoms with Crippen molar-refractivity contribution in [1.29, 1.82) is 0 Å². The number of fused-ring (bicyclic) bond motifs is 2. The molecule has 0 bridgehead atoms. The van der Waals surface area contributed by atoms with E-state index in [2.05, 4.69) is 5.16 Å². The molecule has 0 amide bonds. The average molecular weight is 409 g/mol. The first kappa shape index (κ1) is 19.9. The molecule has 2 aromatic carbocycles. The van der Waals surface area contributed by atoms with E-state index in [1.807, 2.05) is 18.2 Å². The van der Waals surface area contributed by atoms with Gasteiger partial charge < -0.3 is 19.0 Å². The summed E-state index contributed by atoms with van der Waals surface area (Å²) in [5.74, 6) is 0.446. The molecule has 2 aromatic rings. The van der Waals surface area contributed by atoms with E-state index in [1.54, 1.807) is 25.1 Å². The van der Waals surface area contributed by atoms with E-state index in [0.717, 1.165) is 24.8 Å². The Hall–Kier alpha value is -3.35. The summed E-state index contributed by atoms with van der Waals surface area (Å²) in [6.07, 6.45) is 4.38. The van der Waals surface area contributed by atoms with Crippen LogP contribution in [0.25, 0.3) is 0 Å². The molecule has 0 N–H and O–H groups in total. The smallest absolute Gasteiger partial charge is 0.347 e. The maximum absolute atomic E-state index is 12.3. The van der Waals surface area contributed by atoms with E-state index in [-0.39, 0.29) is 25.8 Å². The number of rotatable bonds is 7. The summed E-state index contributed by atoms with van der Waals surface area (Å²) < 4.78 is 15.6. The second-order valence-corrected chi connectivity index (χ2v) is 7.29. The zero-order valence-electron chi connectivity index (χ0n) is 16.8. The normalized spacial score (nSPS) is 14.8. The molecular formula is C23H23NO6. The topological polar surface area (TPSA) is 83.4 Å². The van der Waals surface area contributed by atoms with Gasteiger partial charge in [-0.1, -0.05) is 17.3 Å². The van der Waals surface area contributed by atoms with Crippen LogP contribution in [0.15, 0.2) is 41.6 Å². The van der Waals surface area contributed by atoms with Crippen LogP contribution in [0.3, 0.4) is 0 Å². The average Bonchev–Trinajstić information content (AvgIpc) is 3.25. The number of ketones is 1. The first-order valence-corrected chi connectivity index (χ1v) is 9.97. The first-order chi connectivity index (χ1) is 14.6. The lowest BCUT2D eigenvalue weighted by Crippen LogP contribution is -2.18. The van der Waals surface area contributed by atoms with Crippen LogP contribution in [-0.2, 0) is 27.2 Å². The minimum absolute atomic E-state index is 0.196. The Morgan fingerprint density at radius 2 is 1.70 bits per heavy atom. The molecule has 1 heterocycles. The third-order valence-electron chi connectivity index (χ3n) is 5.21. The van der Waals surface area contributed by atoms with Gasteiger partial charge in [-0.15, -0.1) is 0 Å². The molecule has 0 atom stereocenters. The van der Waals surface area contributed by atoms with E-state index < -0.39 is 5.97 Å². The third-order valence-corrected chi connectivity index (χ3v) is 5.21. The van der Waals surface area contributed by atoms with Crippen molar-refractivity contribution >= 4 is 17.5 Å². The highest BCUT2D eigenvalue weighted by molar-refractivity contribution is 5.99. The number of ether oxygens (including phenoxy) is 3. The summed E-state index contributed by atoms with van der Waals surface area (Å²) in [6, 6.07) is 11.1. The van der Waals surface area contributed by atoms with Gasteiger partial charge in [0.1, 0.15) is 0 Å². The minimum Gasteiger partial charge on any atom is -0.455 e. The number of aryl methyl sites for hydroxylation is 2. The number of Topliss-reactive ketones (excluding diaryl/α,β-unsaturated/α-hetero) is 1. The van der Waals surface area contributed by atoms with Crippen LogP contribution >= 0.6 is 0 Å². The molecule has 0 radical (unpaired) electrons. The Bertz CT molecular complexity index is 997. The zero-order chi connectivity index (χ0) is 20.9. The Morgan fingerprint density at radius 3 is 2.57 bits per heavy atom. The Morgan fingerprint density at radius 1 is 0.933 bits per heavy atom. The molecule has 4 rings (SSSR count). The molecule has 0 unspecified atom stereocenters. The van der Waals surface area contributed by atoms with Crippen molar-refractivity contribution in [2.45, 2.75) is 32.6 Å². The molecule has 0 saturated heterocycles. The van der Waals surface area contributed by atoms with Crippen molar-refractivity contribution in [2.24, 2.45) is 5.16 Å². The maximum atomic E-state index is 12.3. The summed E-state index contributed by atoms with van der Waals surface area (Å²) in [5, 5.41) is 3.93. The predicted molar refractivity (Wildman–Crippen MR) is 109 cm³/mol. The van der Waals surface area contributed by atoms with Gasteiger partial charge in [0.05, 0.1) is 5.71 Å². The number of carbonyl (C=O) groups is 2. The molecule has 156 valence electrons. The molecule has 7 nitrogen and oxygen atoms in total. The molecule has 7 heteroatoms. The number of hydrogen-bond acceptors (Lipinski definition) is 7. The van der Waals surface area contributed by atoms with E-state index in [4.69, 9.17) is 19.0 Å². The van der Waals surface area contributed by atoms with E-state index >= 15 is 0 Å². The first-order valence-electron chi connectivity index (χ1n) is 9.97. The van der Waals surface area contributed by atoms with E-state index in [1.165, 1.54) is 17.5 Å². The van der Waals surface area contributed by atoms with Crippen molar-refractivity contribution in [3.8, 4) is 11.5 Å². The fourth-order valence-electron chi connectivity index (χ4n) is 3.53. The highest BCUT2D eigenvalue weighted by atomic mass is 16.7. The highest BCUT2D eigenvalue weighted by Gasteiger charge is 2.16. The van der Waals surface area contributed by atoms with Crippen molar-refractivity contribution in [3.63, 3.8) is 0 Å². The number of carbonyl (C=O) groups excluding carboxylic acids is 2. The SMILES string of the molecule is C/C(=N/OCC(=O)OCC(=O)c1ccc2c(c1)CCCC2)c1ccc2c(c1)OCO2. The second kappa shape index (κ2) is 8.98. The van der Waals surface area contributed by atoms with Gasteiger partial charge in [0.15, 0.2) is 23.9 Å². The van der Waals surface area contributed by atoms with E-state index in [0.29, 0.717) is 22.8 Å². The van der Waals surface area contributed by atoms with Crippen LogP contribution < -0.4 is 9.47 Å². The van der Waals surface area contributed by atoms with Crippen molar-refractivity contribution in [2.75, 3.05) is 20.0 Å². The fraction of sp³-hybridized carbons (Fsp3) is 0.348. The number of esters is 1. The molecule has 0 fully saturated rings. The summed E-state index contributed by atoms with van der Waals surface area (Å²) in [6.45, 7) is 1.26. The standard InChI is InChI=1S/C23H23NO6/c1-15(17-8-9-21-22(11-17)29-14-28-21)24-30-13-23(26)27-12-20(25)19-7-6-16-4-2-3-5-18(16)10-19/h6-11H,2-5,12-14H2,1H3/b24-15-. The van der Waals surface area contributed by atoms with Crippen LogP contribution in [0, 0.1) is 0 Å². The lowest BCUT2D eigenvalue weighted by atomic mass is 9.90. The van der Waals surface area contributed by atoms with E-state index in [9.17, 15) is 9.59 Å². The Labute approximate surface area is 174 Å². The second-order valence-electron chi connectivity index (χ2n) is 7.29. The Kier molecular flexibility index (Phi) is 5.97. The van der Waals surface area contributed by atoms with Crippen LogP contribution in [0.2, 0.25) is 0 Å². The van der Waals surface area contributed by atoms with Crippen molar-refractivity contribution in [1.82, 2.24) is 0 Å². The summed E-state index contributed by atoms with van der Waals surface area (Å²) in [5.41, 5.74) is 4.46. The highest BCUT2D eigenvalue weighted by Crippen LogP contribution is 2.32. The lowest BCUT2D eigenvalue weighted by Gasteiger charge is -2.16. The maximum Gasteiger partial charge on any atom is 0.347 e. The largest absolute Gasteiger partial charge is 0.455 e. The quantitative estimate of drug-likeness (QED) is 0.301. The molecule has 0 aromatic heterocycles. The van der Waals surface area contributed by atoms with Gasteiger partial charge in [0, 0.05) is 11.1 Å². The number of oxime groups is 1. The van der Waals surface area contributed by atoms with Crippen molar-refractivity contribution in [3.05, 3.63) is 58.7 Å². The molecule has 2 aliphatic rings. The molecular weight excluding hydrogens is 386 g/mol. The molecule has 1 aliphatic carbocycles. The van der Waals surface area contributed by atoms with Gasteiger partial charge in [-0.25, -0.2) is 4.79 Å². The van der Waals surface area contributed by atoms with Gasteiger partial charge in [0.25, 0.3) is 0 Å². The van der Waals surface area contributed by atoms with Crippen LogP contribution in [-0.4, -0.2) is 37.5 Å². The Balaban J connectivity index is 1.25. The fourth-order valence-corrected chi connectivity index (χ4v) is 3.53. The molecule has 1 aliphatic heterocycles. The molecule has 30 heavy (non-hydrogen) atoms. The third kappa shape index (κ3) is 4.62. The number of hydrogen-bond donors (Lipinski definition) is 0. The minimum atomic E-state index is -0.649. The van der Waals surface area contributed by atoms with Gasteiger partial charge >= 0.3 is 5.97 Å².